The lowest BCUT2D eigenvalue weighted by Gasteiger charge is -2.06. The molecule has 4 aromatic rings. The van der Waals surface area contributed by atoms with E-state index in [-0.39, 0.29) is 0 Å². The maximum atomic E-state index is 5.85. The minimum atomic E-state index is 0.705. The molecule has 0 aliphatic heterocycles. The Morgan fingerprint density at radius 1 is 1.00 bits per heavy atom. The molecule has 0 saturated heterocycles. The van der Waals surface area contributed by atoms with Gasteiger partial charge in [-0.1, -0.05) is 54.1 Å². The van der Waals surface area contributed by atoms with E-state index in [1.54, 1.807) is 17.6 Å². The van der Waals surface area contributed by atoms with Gasteiger partial charge in [0, 0.05) is 10.9 Å². The Morgan fingerprint density at radius 3 is 2.59 bits per heavy atom. The zero-order chi connectivity index (χ0) is 22.2. The molecule has 0 amide bonds. The van der Waals surface area contributed by atoms with Crippen LogP contribution in [0.25, 0.3) is 11.3 Å². The van der Waals surface area contributed by atoms with Crippen molar-refractivity contribution in [2.75, 3.05) is 12.0 Å². The smallest absolute Gasteiger partial charge is 0.203 e. The number of nitrogens with zero attached hydrogens (tertiary/aromatic N) is 2. The monoisotopic (exact) mass is 441 g/mol. The van der Waals surface area contributed by atoms with Gasteiger partial charge in [0.2, 0.25) is 5.13 Å². The zero-order valence-corrected chi connectivity index (χ0v) is 19.2. The molecule has 0 fully saturated rings. The van der Waals surface area contributed by atoms with Crippen molar-refractivity contribution in [1.82, 2.24) is 4.98 Å². The average Bonchev–Trinajstić information content (AvgIpc) is 3.27. The van der Waals surface area contributed by atoms with Crippen LogP contribution in [0.3, 0.4) is 0 Å². The number of nitrogens with one attached hydrogen (secondary N) is 1. The molecule has 32 heavy (non-hydrogen) atoms. The summed E-state index contributed by atoms with van der Waals surface area (Å²) in [5, 5.41) is 7.15. The standard InChI is InChI=1S/C27H27N3OS/c1-20-10-15-25(21(2)17-20)26-19-32-27(29-26)30-28-18-23-11-13-24(14-12-23)31-16-6-9-22-7-4-3-5-8-22/h3-5,7-8,10-15,17-19H,6,9,16H2,1-2H3,(H,29,30)/b28-18-. The van der Waals surface area contributed by atoms with Crippen molar-refractivity contribution in [3.05, 3.63) is 100 Å². The van der Waals surface area contributed by atoms with Crippen LogP contribution in [0.1, 0.15) is 28.7 Å². The molecular formula is C27H27N3OS. The molecule has 5 heteroatoms. The van der Waals surface area contributed by atoms with E-state index in [1.807, 2.05) is 30.3 Å². The average molecular weight is 442 g/mol. The maximum absolute atomic E-state index is 5.85. The van der Waals surface area contributed by atoms with Crippen LogP contribution < -0.4 is 10.2 Å². The van der Waals surface area contributed by atoms with Crippen LogP contribution in [0, 0.1) is 13.8 Å². The minimum Gasteiger partial charge on any atom is -0.494 e. The summed E-state index contributed by atoms with van der Waals surface area (Å²) in [6, 6.07) is 24.9. The second kappa shape index (κ2) is 10.7. The Hall–Kier alpha value is -3.44. The SMILES string of the molecule is Cc1ccc(-c2csc(N/N=C\c3ccc(OCCCc4ccccc4)cc3)n2)c(C)c1. The van der Waals surface area contributed by atoms with E-state index in [1.165, 1.54) is 16.7 Å². The number of aryl methyl sites for hydroxylation is 3. The molecule has 3 aromatic carbocycles. The van der Waals surface area contributed by atoms with E-state index < -0.39 is 0 Å². The highest BCUT2D eigenvalue weighted by molar-refractivity contribution is 7.14. The van der Waals surface area contributed by atoms with E-state index >= 15 is 0 Å². The van der Waals surface area contributed by atoms with Crippen molar-refractivity contribution in [2.24, 2.45) is 5.10 Å². The van der Waals surface area contributed by atoms with Crippen molar-refractivity contribution >= 4 is 22.7 Å². The van der Waals surface area contributed by atoms with Crippen molar-refractivity contribution in [3.8, 4) is 17.0 Å². The Labute approximate surface area is 193 Å². The van der Waals surface area contributed by atoms with Gasteiger partial charge in [-0.15, -0.1) is 11.3 Å². The fourth-order valence-corrected chi connectivity index (χ4v) is 4.13. The van der Waals surface area contributed by atoms with Gasteiger partial charge in [-0.25, -0.2) is 4.98 Å². The number of thiazole rings is 1. The molecule has 4 rings (SSSR count). The van der Waals surface area contributed by atoms with E-state index in [2.05, 4.69) is 77.2 Å². The van der Waals surface area contributed by atoms with Crippen LogP contribution in [0.2, 0.25) is 0 Å². The van der Waals surface area contributed by atoms with Gasteiger partial charge >= 0.3 is 0 Å². The van der Waals surface area contributed by atoms with Crippen LogP contribution in [0.4, 0.5) is 5.13 Å². The van der Waals surface area contributed by atoms with Crippen molar-refractivity contribution in [2.45, 2.75) is 26.7 Å². The lowest BCUT2D eigenvalue weighted by atomic mass is 10.0. The van der Waals surface area contributed by atoms with Gasteiger partial charge in [-0.05, 0) is 67.6 Å². The van der Waals surface area contributed by atoms with Crippen molar-refractivity contribution in [1.29, 1.82) is 0 Å². The molecule has 1 N–H and O–H groups in total. The number of hydrogen-bond donors (Lipinski definition) is 1. The van der Waals surface area contributed by atoms with Crippen LogP contribution in [-0.4, -0.2) is 17.8 Å². The van der Waals surface area contributed by atoms with Gasteiger partial charge in [0.05, 0.1) is 18.5 Å². The third-order valence-corrected chi connectivity index (χ3v) is 5.88. The summed E-state index contributed by atoms with van der Waals surface area (Å²) in [4.78, 5) is 4.65. The highest BCUT2D eigenvalue weighted by Crippen LogP contribution is 2.28. The molecule has 0 radical (unpaired) electrons. The van der Waals surface area contributed by atoms with Crippen LogP contribution in [0.15, 0.2) is 83.3 Å². The number of ether oxygens (including phenoxy) is 1. The van der Waals surface area contributed by atoms with Gasteiger partial charge in [-0.2, -0.15) is 5.10 Å². The van der Waals surface area contributed by atoms with Gasteiger partial charge in [-0.3, -0.25) is 5.43 Å². The lowest BCUT2D eigenvalue weighted by molar-refractivity contribution is 0.311. The number of hydrogen-bond acceptors (Lipinski definition) is 5. The first-order valence-corrected chi connectivity index (χ1v) is 11.6. The maximum Gasteiger partial charge on any atom is 0.203 e. The van der Waals surface area contributed by atoms with Crippen molar-refractivity contribution < 1.29 is 4.74 Å². The molecule has 0 aliphatic carbocycles. The molecule has 0 atom stereocenters. The second-order valence-corrected chi connectivity index (χ2v) is 8.59. The predicted molar refractivity (Wildman–Crippen MR) is 135 cm³/mol. The minimum absolute atomic E-state index is 0.705. The Morgan fingerprint density at radius 2 is 1.81 bits per heavy atom. The van der Waals surface area contributed by atoms with Crippen LogP contribution >= 0.6 is 11.3 Å². The van der Waals surface area contributed by atoms with E-state index in [4.69, 9.17) is 4.74 Å². The number of anilines is 1. The molecule has 0 aliphatic rings. The first kappa shape index (κ1) is 21.8. The number of aromatic nitrogens is 1. The summed E-state index contributed by atoms with van der Waals surface area (Å²) < 4.78 is 5.85. The molecule has 1 aromatic heterocycles. The number of rotatable bonds is 9. The first-order chi connectivity index (χ1) is 15.7. The summed E-state index contributed by atoms with van der Waals surface area (Å²) in [6.07, 6.45) is 3.81. The van der Waals surface area contributed by atoms with E-state index in [0.717, 1.165) is 40.5 Å². The molecule has 4 nitrogen and oxygen atoms in total. The van der Waals surface area contributed by atoms with E-state index in [9.17, 15) is 0 Å². The Kier molecular flexibility index (Phi) is 7.31. The topological polar surface area (TPSA) is 46.5 Å². The van der Waals surface area contributed by atoms with Crippen LogP contribution in [-0.2, 0) is 6.42 Å². The molecular weight excluding hydrogens is 414 g/mol. The normalized spacial score (nSPS) is 11.1. The van der Waals surface area contributed by atoms with Gasteiger partial charge < -0.3 is 4.74 Å². The van der Waals surface area contributed by atoms with E-state index in [0.29, 0.717) is 6.61 Å². The largest absolute Gasteiger partial charge is 0.494 e. The van der Waals surface area contributed by atoms with Gasteiger partial charge in [0.25, 0.3) is 0 Å². The Balaban J connectivity index is 1.25. The zero-order valence-electron chi connectivity index (χ0n) is 18.4. The fourth-order valence-electron chi connectivity index (χ4n) is 3.47. The molecule has 0 unspecified atom stereocenters. The number of benzene rings is 3. The van der Waals surface area contributed by atoms with Crippen LogP contribution in [0.5, 0.6) is 5.75 Å². The lowest BCUT2D eigenvalue weighted by Crippen LogP contribution is -1.99. The molecule has 0 saturated carbocycles. The summed E-state index contributed by atoms with van der Waals surface area (Å²) >= 11 is 1.55. The van der Waals surface area contributed by atoms with Gasteiger partial charge in [0.1, 0.15) is 5.75 Å². The quantitative estimate of drug-likeness (QED) is 0.175. The number of hydrazone groups is 1. The highest BCUT2D eigenvalue weighted by Gasteiger charge is 2.07. The summed E-state index contributed by atoms with van der Waals surface area (Å²) in [6.45, 7) is 4.92. The summed E-state index contributed by atoms with van der Waals surface area (Å²) in [5.74, 6) is 0.876. The summed E-state index contributed by atoms with van der Waals surface area (Å²) in [7, 11) is 0. The molecule has 1 heterocycles. The molecule has 0 bridgehead atoms. The second-order valence-electron chi connectivity index (χ2n) is 7.73. The summed E-state index contributed by atoms with van der Waals surface area (Å²) in [5.41, 5.74) is 9.99. The Bertz CT molecular complexity index is 1170. The predicted octanol–water partition coefficient (Wildman–Crippen LogP) is 6.88. The first-order valence-electron chi connectivity index (χ1n) is 10.8. The van der Waals surface area contributed by atoms with Crippen molar-refractivity contribution in [3.63, 3.8) is 0 Å². The molecule has 162 valence electrons. The fraction of sp³-hybridized carbons (Fsp3) is 0.185. The van der Waals surface area contributed by atoms with Gasteiger partial charge in [0.15, 0.2) is 0 Å². The highest BCUT2D eigenvalue weighted by atomic mass is 32.1. The molecule has 0 spiro atoms. The third-order valence-electron chi connectivity index (χ3n) is 5.14. The third kappa shape index (κ3) is 6.05.